The highest BCUT2D eigenvalue weighted by atomic mass is 19.4. The van der Waals surface area contributed by atoms with Crippen molar-refractivity contribution in [3.05, 3.63) is 204 Å². The Balaban J connectivity index is 1.07. The van der Waals surface area contributed by atoms with Gasteiger partial charge in [0.2, 0.25) is 0 Å². The molecule has 1 heterocycles. The van der Waals surface area contributed by atoms with Gasteiger partial charge in [-0.3, -0.25) is 0 Å². The SMILES string of the molecule is Cc1ccc(-c2ccc(-c3ccc(C(c4ccccc4)(C(F)(F)F)C(C)(C)C(C)(C)c4ccc(-c5ccc(-c6ccc(C7(C)CC[N+](C)(C)CC7)cc6)cc5)cc4)cc3)cc2)cc1. The second-order valence-electron chi connectivity index (χ2n) is 20.1. The van der Waals surface area contributed by atoms with Crippen molar-refractivity contribution in [3.8, 4) is 44.5 Å². The first-order valence-corrected chi connectivity index (χ1v) is 22.4. The zero-order valence-corrected chi connectivity index (χ0v) is 38.2. The third kappa shape index (κ3) is 8.08. The van der Waals surface area contributed by atoms with Gasteiger partial charge in [0.05, 0.1) is 27.2 Å². The van der Waals surface area contributed by atoms with Crippen LogP contribution in [0.25, 0.3) is 44.5 Å². The van der Waals surface area contributed by atoms with E-state index in [0.29, 0.717) is 0 Å². The largest absolute Gasteiger partial charge is 0.402 e. The number of halogens is 3. The Morgan fingerprint density at radius 2 is 0.746 bits per heavy atom. The summed E-state index contributed by atoms with van der Waals surface area (Å²) in [5.41, 5.74) is 7.91. The normalized spacial score (nSPS) is 16.3. The lowest BCUT2D eigenvalue weighted by molar-refractivity contribution is -0.896. The Hall–Kier alpha value is -5.71. The Morgan fingerprint density at radius 1 is 0.429 bits per heavy atom. The molecule has 322 valence electrons. The molecule has 8 rings (SSSR count). The molecule has 1 unspecified atom stereocenters. The zero-order valence-electron chi connectivity index (χ0n) is 38.2. The van der Waals surface area contributed by atoms with E-state index in [1.165, 1.54) is 42.6 Å². The number of nitrogens with zero attached hydrogens (tertiary/aromatic N) is 1. The fraction of sp³-hybridized carbons (Fsp3) is 0.288. The van der Waals surface area contributed by atoms with E-state index in [1.54, 1.807) is 56.3 Å². The van der Waals surface area contributed by atoms with Crippen molar-refractivity contribution in [2.45, 2.75) is 76.8 Å². The van der Waals surface area contributed by atoms with Crippen molar-refractivity contribution < 1.29 is 17.7 Å². The van der Waals surface area contributed by atoms with Gasteiger partial charge >= 0.3 is 6.18 Å². The minimum atomic E-state index is -4.64. The van der Waals surface area contributed by atoms with E-state index >= 15 is 13.2 Å². The molecule has 0 spiro atoms. The number of alkyl halides is 3. The summed E-state index contributed by atoms with van der Waals surface area (Å²) in [6.45, 7) is 14.4. The molecule has 7 aromatic rings. The van der Waals surface area contributed by atoms with E-state index < -0.39 is 22.4 Å². The van der Waals surface area contributed by atoms with Crippen molar-refractivity contribution in [2.75, 3.05) is 27.2 Å². The molecule has 0 aromatic heterocycles. The van der Waals surface area contributed by atoms with E-state index in [1.807, 2.05) is 50.2 Å². The number of hydrogen-bond acceptors (Lipinski definition) is 0. The lowest BCUT2D eigenvalue weighted by atomic mass is 9.47. The zero-order chi connectivity index (χ0) is 44.8. The fourth-order valence-electron chi connectivity index (χ4n) is 10.2. The van der Waals surface area contributed by atoms with E-state index in [-0.39, 0.29) is 16.5 Å². The number of rotatable bonds is 10. The standard InChI is InChI=1S/C59H61F3N/c1-42-14-16-43(17-15-42)44-18-20-47(21-19-44)50-30-36-54(37-31-50)58(59(60,61)62,53-12-10-9-11-13-53)56(4,5)55(2,3)51-32-26-48(27-33-51)45-22-24-46(25-23-45)49-28-34-52(35-29-49)57(6)38-40-63(7,8)41-39-57/h9-37H,38-41H2,1-8H3/q+1. The van der Waals surface area contributed by atoms with Gasteiger partial charge in [-0.15, -0.1) is 0 Å². The fourth-order valence-corrected chi connectivity index (χ4v) is 10.2. The number of quaternary nitrogens is 1. The number of likely N-dealkylation sites (tertiary alicyclic amines) is 1. The van der Waals surface area contributed by atoms with E-state index in [9.17, 15) is 0 Å². The Kier molecular flexibility index (Phi) is 11.5. The summed E-state index contributed by atoms with van der Waals surface area (Å²) in [5, 5.41) is 0. The monoisotopic (exact) mass is 840 g/mol. The maximum Gasteiger partial charge on any atom is 0.402 e. The first-order chi connectivity index (χ1) is 29.8. The lowest BCUT2D eigenvalue weighted by Crippen LogP contribution is -2.60. The van der Waals surface area contributed by atoms with E-state index in [0.717, 1.165) is 49.0 Å². The molecule has 0 saturated carbocycles. The van der Waals surface area contributed by atoms with Gasteiger partial charge in [0, 0.05) is 18.3 Å². The average Bonchev–Trinajstić information content (AvgIpc) is 3.28. The molecule has 0 radical (unpaired) electrons. The van der Waals surface area contributed by atoms with Crippen LogP contribution in [0.15, 0.2) is 176 Å². The topological polar surface area (TPSA) is 0 Å². The smallest absolute Gasteiger partial charge is 0.328 e. The molecule has 1 aliphatic heterocycles. The summed E-state index contributed by atoms with van der Waals surface area (Å²) in [7, 11) is 4.65. The number of benzene rings is 7. The van der Waals surface area contributed by atoms with Crippen LogP contribution >= 0.6 is 0 Å². The van der Waals surface area contributed by atoms with Gasteiger partial charge in [0.15, 0.2) is 0 Å². The first kappa shape index (κ1) is 43.9. The van der Waals surface area contributed by atoms with Gasteiger partial charge in [-0.05, 0) is 84.5 Å². The molecular formula is C59H61F3N+. The molecule has 0 N–H and O–H groups in total. The molecule has 4 heteroatoms. The van der Waals surface area contributed by atoms with Gasteiger partial charge in [0.1, 0.15) is 5.41 Å². The third-order valence-corrected chi connectivity index (χ3v) is 15.3. The summed E-state index contributed by atoms with van der Waals surface area (Å²) >= 11 is 0. The van der Waals surface area contributed by atoms with Crippen molar-refractivity contribution in [1.29, 1.82) is 0 Å². The molecule has 7 aromatic carbocycles. The van der Waals surface area contributed by atoms with Crippen LogP contribution in [-0.4, -0.2) is 37.8 Å². The van der Waals surface area contributed by atoms with Gasteiger partial charge in [0.25, 0.3) is 0 Å². The quantitative estimate of drug-likeness (QED) is 0.120. The maximum atomic E-state index is 16.5. The highest BCUT2D eigenvalue weighted by molar-refractivity contribution is 5.72. The van der Waals surface area contributed by atoms with Crippen molar-refractivity contribution in [1.82, 2.24) is 0 Å². The summed E-state index contributed by atoms with van der Waals surface area (Å²) in [5.74, 6) is 0. The molecule has 0 bridgehead atoms. The summed E-state index contributed by atoms with van der Waals surface area (Å²) in [6, 6.07) is 58.1. The molecular weight excluding hydrogens is 780 g/mol. The summed E-state index contributed by atoms with van der Waals surface area (Å²) in [6.07, 6.45) is -2.26. The van der Waals surface area contributed by atoms with Gasteiger partial charge in [-0.25, -0.2) is 0 Å². The van der Waals surface area contributed by atoms with Gasteiger partial charge < -0.3 is 4.48 Å². The molecule has 0 amide bonds. The van der Waals surface area contributed by atoms with Crippen molar-refractivity contribution >= 4 is 0 Å². The molecule has 1 atom stereocenters. The summed E-state index contributed by atoms with van der Waals surface area (Å²) in [4.78, 5) is 0. The Morgan fingerprint density at radius 3 is 1.13 bits per heavy atom. The second-order valence-corrected chi connectivity index (χ2v) is 20.1. The van der Waals surface area contributed by atoms with E-state index in [2.05, 4.69) is 125 Å². The first-order valence-electron chi connectivity index (χ1n) is 22.4. The summed E-state index contributed by atoms with van der Waals surface area (Å²) < 4.78 is 50.7. The van der Waals surface area contributed by atoms with Crippen molar-refractivity contribution in [2.24, 2.45) is 5.41 Å². The highest BCUT2D eigenvalue weighted by Crippen LogP contribution is 2.63. The molecule has 0 aliphatic carbocycles. The third-order valence-electron chi connectivity index (χ3n) is 15.3. The average molecular weight is 841 g/mol. The van der Waals surface area contributed by atoms with Gasteiger partial charge in [-0.2, -0.15) is 13.2 Å². The van der Waals surface area contributed by atoms with Crippen LogP contribution in [0.4, 0.5) is 13.2 Å². The van der Waals surface area contributed by atoms with Gasteiger partial charge in [-0.1, -0.05) is 216 Å². The molecule has 1 fully saturated rings. The minimum Gasteiger partial charge on any atom is -0.328 e. The van der Waals surface area contributed by atoms with Crippen LogP contribution < -0.4 is 0 Å². The van der Waals surface area contributed by atoms with Crippen LogP contribution in [0.2, 0.25) is 0 Å². The molecule has 63 heavy (non-hydrogen) atoms. The Bertz CT molecular complexity index is 2630. The highest BCUT2D eigenvalue weighted by Gasteiger charge is 2.68. The Labute approximate surface area is 373 Å². The van der Waals surface area contributed by atoms with Crippen LogP contribution in [0.3, 0.4) is 0 Å². The number of piperidine rings is 1. The second kappa shape index (κ2) is 16.4. The minimum absolute atomic E-state index is 0.212. The number of aryl methyl sites for hydroxylation is 1. The predicted octanol–water partition coefficient (Wildman–Crippen LogP) is 15.6. The molecule has 1 saturated heterocycles. The molecule has 1 aliphatic rings. The van der Waals surface area contributed by atoms with Crippen molar-refractivity contribution in [3.63, 3.8) is 0 Å². The van der Waals surface area contributed by atoms with Crippen LogP contribution in [0.5, 0.6) is 0 Å². The van der Waals surface area contributed by atoms with E-state index in [4.69, 9.17) is 0 Å². The predicted molar refractivity (Wildman–Crippen MR) is 258 cm³/mol. The number of hydrogen-bond donors (Lipinski definition) is 0. The van der Waals surface area contributed by atoms with Crippen LogP contribution in [0.1, 0.15) is 75.3 Å². The van der Waals surface area contributed by atoms with Crippen LogP contribution in [0, 0.1) is 12.3 Å². The lowest BCUT2D eigenvalue weighted by Gasteiger charge is -2.56. The maximum absolute atomic E-state index is 16.5. The molecule has 1 nitrogen and oxygen atoms in total. The van der Waals surface area contributed by atoms with Crippen LogP contribution in [-0.2, 0) is 16.2 Å².